The number of allylic oxidation sites excluding steroid dienone is 2. The molecule has 0 bridgehead atoms. The summed E-state index contributed by atoms with van der Waals surface area (Å²) in [5.41, 5.74) is 3.53. The van der Waals surface area contributed by atoms with Crippen molar-refractivity contribution in [3.8, 4) is 0 Å². The van der Waals surface area contributed by atoms with Gasteiger partial charge in [0.05, 0.1) is 37.7 Å². The first-order valence-electron chi connectivity index (χ1n) is 9.72. The molecule has 1 aliphatic rings. The summed E-state index contributed by atoms with van der Waals surface area (Å²) in [6.45, 7) is 2.20. The minimum absolute atomic E-state index is 0.175. The number of halogens is 2. The Morgan fingerprint density at radius 2 is 1.87 bits per heavy atom. The monoisotopic (exact) mass is 439 g/mol. The van der Waals surface area contributed by atoms with E-state index in [4.69, 9.17) is 28.2 Å². The second-order valence-electron chi connectivity index (χ2n) is 7.73. The van der Waals surface area contributed by atoms with Gasteiger partial charge in [-0.2, -0.15) is 0 Å². The number of hydrogen-bond acceptors (Lipinski definition) is 4. The van der Waals surface area contributed by atoms with Crippen LogP contribution in [0.4, 0.5) is 11.6 Å². The van der Waals surface area contributed by atoms with Crippen molar-refractivity contribution in [2.45, 2.75) is 19.8 Å². The Kier molecular flexibility index (Phi) is 4.56. The number of benzene rings is 2. The topological polar surface area (TPSA) is 75.6 Å². The normalized spacial score (nSPS) is 16.4. The average molecular weight is 440 g/mol. The molecule has 30 heavy (non-hydrogen) atoms. The zero-order valence-electron chi connectivity index (χ0n) is 16.5. The summed E-state index contributed by atoms with van der Waals surface area (Å²) in [5.74, 6) is 1.76. The van der Waals surface area contributed by atoms with Gasteiger partial charge in [0.1, 0.15) is 5.82 Å². The molecule has 8 heteroatoms. The summed E-state index contributed by atoms with van der Waals surface area (Å²) in [4.78, 5) is 25.4. The summed E-state index contributed by atoms with van der Waals surface area (Å²) in [6, 6.07) is 9.00. The van der Waals surface area contributed by atoms with Gasteiger partial charge in [0, 0.05) is 7.05 Å². The Hall–Kier alpha value is -2.83. The van der Waals surface area contributed by atoms with E-state index in [0.29, 0.717) is 55.4 Å². The van der Waals surface area contributed by atoms with E-state index >= 15 is 0 Å². The second-order valence-corrected chi connectivity index (χ2v) is 8.55. The van der Waals surface area contributed by atoms with Crippen molar-refractivity contribution in [1.82, 2.24) is 19.5 Å². The molecule has 0 fully saturated rings. The third-order valence-corrected chi connectivity index (χ3v) is 6.17. The zero-order valence-corrected chi connectivity index (χ0v) is 18.0. The molecule has 2 aromatic heterocycles. The van der Waals surface area contributed by atoms with E-state index in [1.54, 1.807) is 18.2 Å². The van der Waals surface area contributed by atoms with E-state index in [1.165, 1.54) is 0 Å². The van der Waals surface area contributed by atoms with Gasteiger partial charge in [0.15, 0.2) is 0 Å². The average Bonchev–Trinajstić information content (AvgIpc) is 3.28. The molecule has 4 aromatic rings. The molecule has 2 N–H and O–H groups in total. The van der Waals surface area contributed by atoms with E-state index < -0.39 is 0 Å². The van der Waals surface area contributed by atoms with Crippen molar-refractivity contribution in [2.75, 3.05) is 5.32 Å². The molecule has 0 spiro atoms. The molecule has 0 aliphatic heterocycles. The highest BCUT2D eigenvalue weighted by Gasteiger charge is 2.20. The number of fused-ring (bicyclic) bond motifs is 3. The fourth-order valence-corrected chi connectivity index (χ4v) is 4.49. The van der Waals surface area contributed by atoms with Crippen LogP contribution in [-0.2, 0) is 7.05 Å². The summed E-state index contributed by atoms with van der Waals surface area (Å²) < 4.78 is 1.82. The number of para-hydroxylation sites is 1. The number of H-pyrrole nitrogens is 1. The number of aromatic nitrogens is 4. The lowest BCUT2D eigenvalue weighted by Crippen LogP contribution is -2.13. The first kappa shape index (κ1) is 19.2. The minimum atomic E-state index is -0.175. The van der Waals surface area contributed by atoms with Crippen LogP contribution >= 0.6 is 23.2 Å². The molecule has 5 rings (SSSR count). The molecule has 0 saturated heterocycles. The predicted molar refractivity (Wildman–Crippen MR) is 123 cm³/mol. The minimum Gasteiger partial charge on any atom is -0.323 e. The lowest BCUT2D eigenvalue weighted by atomic mass is 10.1. The second kappa shape index (κ2) is 7.15. The number of imidazole rings is 1. The van der Waals surface area contributed by atoms with Crippen molar-refractivity contribution < 1.29 is 0 Å². The van der Waals surface area contributed by atoms with Crippen molar-refractivity contribution in [1.29, 1.82) is 0 Å². The lowest BCUT2D eigenvalue weighted by Gasteiger charge is -2.10. The van der Waals surface area contributed by atoms with E-state index in [1.807, 2.05) is 23.7 Å². The SMILES string of the molecule is CC1CC=C(c2nc3ccc4nc(Nc5c(Cl)cccc5Cl)n(C)c4c3c(=O)[nH]2)C1. The highest BCUT2D eigenvalue weighted by molar-refractivity contribution is 6.39. The number of anilines is 2. The summed E-state index contributed by atoms with van der Waals surface area (Å²) in [5, 5.41) is 4.68. The molecule has 0 saturated carbocycles. The van der Waals surface area contributed by atoms with Crippen LogP contribution in [0.5, 0.6) is 0 Å². The fraction of sp³-hybridized carbons (Fsp3) is 0.227. The molecule has 152 valence electrons. The van der Waals surface area contributed by atoms with Crippen LogP contribution in [0.25, 0.3) is 27.5 Å². The summed E-state index contributed by atoms with van der Waals surface area (Å²) in [6.07, 6.45) is 4.10. The highest BCUT2D eigenvalue weighted by atomic mass is 35.5. The summed E-state index contributed by atoms with van der Waals surface area (Å²) >= 11 is 12.6. The van der Waals surface area contributed by atoms with Gasteiger partial charge in [-0.15, -0.1) is 0 Å². The van der Waals surface area contributed by atoms with E-state index in [9.17, 15) is 4.79 Å². The van der Waals surface area contributed by atoms with E-state index in [0.717, 1.165) is 18.4 Å². The van der Waals surface area contributed by atoms with Gasteiger partial charge in [-0.05, 0) is 48.6 Å². The third kappa shape index (κ3) is 3.07. The number of aryl methyl sites for hydroxylation is 1. The van der Waals surface area contributed by atoms with Crippen LogP contribution in [-0.4, -0.2) is 19.5 Å². The number of hydrogen-bond donors (Lipinski definition) is 2. The van der Waals surface area contributed by atoms with Crippen molar-refractivity contribution in [2.24, 2.45) is 13.0 Å². The predicted octanol–water partition coefficient (Wildman–Crippen LogP) is 5.67. The van der Waals surface area contributed by atoms with Crippen molar-refractivity contribution >= 4 is 62.3 Å². The molecule has 1 atom stereocenters. The van der Waals surface area contributed by atoms with Crippen LogP contribution in [0.3, 0.4) is 0 Å². The number of rotatable bonds is 3. The molecule has 0 amide bonds. The van der Waals surface area contributed by atoms with Gasteiger partial charge in [0.2, 0.25) is 5.95 Å². The van der Waals surface area contributed by atoms with Gasteiger partial charge in [-0.25, -0.2) is 9.97 Å². The fourth-order valence-electron chi connectivity index (χ4n) is 4.00. The quantitative estimate of drug-likeness (QED) is 0.430. The molecular weight excluding hydrogens is 421 g/mol. The maximum absolute atomic E-state index is 13.1. The van der Waals surface area contributed by atoms with E-state index in [-0.39, 0.29) is 5.56 Å². The number of aromatic amines is 1. The Labute approximate surface area is 182 Å². The van der Waals surface area contributed by atoms with Gasteiger partial charge in [-0.3, -0.25) is 4.79 Å². The molecule has 0 radical (unpaired) electrons. The lowest BCUT2D eigenvalue weighted by molar-refractivity contribution is 0.641. The Balaban J connectivity index is 1.66. The van der Waals surface area contributed by atoms with Gasteiger partial charge in [0.25, 0.3) is 5.56 Å². The van der Waals surface area contributed by atoms with Crippen LogP contribution in [0.1, 0.15) is 25.6 Å². The maximum atomic E-state index is 13.1. The van der Waals surface area contributed by atoms with Crippen LogP contribution in [0.15, 0.2) is 41.2 Å². The standard InChI is InChI=1S/C22H19Cl2N5O/c1-11-6-7-12(10-11)20-25-15-8-9-16-19(17(15)21(30)28-20)29(2)22(26-16)27-18-13(23)4-3-5-14(18)24/h3-5,7-9,11H,6,10H2,1-2H3,(H,26,27)(H,25,28,30). The Morgan fingerprint density at radius 3 is 2.57 bits per heavy atom. The Morgan fingerprint density at radius 1 is 1.13 bits per heavy atom. The number of nitrogens with one attached hydrogen (secondary N) is 2. The smallest absolute Gasteiger partial charge is 0.261 e. The first-order chi connectivity index (χ1) is 14.4. The van der Waals surface area contributed by atoms with Crippen LogP contribution in [0, 0.1) is 5.92 Å². The molecular formula is C22H19Cl2N5O. The van der Waals surface area contributed by atoms with Gasteiger partial charge >= 0.3 is 0 Å². The first-order valence-corrected chi connectivity index (χ1v) is 10.5. The molecule has 2 heterocycles. The molecule has 6 nitrogen and oxygen atoms in total. The molecule has 1 aliphatic carbocycles. The maximum Gasteiger partial charge on any atom is 0.261 e. The zero-order chi connectivity index (χ0) is 21.0. The van der Waals surface area contributed by atoms with Gasteiger partial charge < -0.3 is 14.9 Å². The third-order valence-electron chi connectivity index (χ3n) is 5.54. The summed E-state index contributed by atoms with van der Waals surface area (Å²) in [7, 11) is 1.84. The van der Waals surface area contributed by atoms with Crippen molar-refractivity contribution in [3.63, 3.8) is 0 Å². The Bertz CT molecular complexity index is 1380. The van der Waals surface area contributed by atoms with Gasteiger partial charge in [-0.1, -0.05) is 42.3 Å². The molecule has 1 unspecified atom stereocenters. The van der Waals surface area contributed by atoms with Crippen LogP contribution < -0.4 is 10.9 Å². The largest absolute Gasteiger partial charge is 0.323 e. The van der Waals surface area contributed by atoms with Crippen molar-refractivity contribution in [3.05, 3.63) is 62.6 Å². The van der Waals surface area contributed by atoms with E-state index in [2.05, 4.69) is 28.3 Å². The highest BCUT2D eigenvalue weighted by Crippen LogP contribution is 2.34. The molecule has 2 aromatic carbocycles. The number of nitrogens with zero attached hydrogens (tertiary/aromatic N) is 3. The van der Waals surface area contributed by atoms with Crippen LogP contribution in [0.2, 0.25) is 10.0 Å².